The van der Waals surface area contributed by atoms with Crippen LogP contribution in [0.15, 0.2) is 45.5 Å². The molecule has 1 aromatic carbocycles. The van der Waals surface area contributed by atoms with E-state index in [-0.39, 0.29) is 0 Å². The van der Waals surface area contributed by atoms with Crippen LogP contribution in [0.1, 0.15) is 11.5 Å². The number of nitriles is 2. The molecular weight excluding hydrogens is 280 g/mol. The molecule has 0 bridgehead atoms. The van der Waals surface area contributed by atoms with Gasteiger partial charge in [-0.1, -0.05) is 41.6 Å². The molecule has 0 amide bonds. The third-order valence-corrected chi connectivity index (χ3v) is 4.01. The number of nitrogens with two attached hydrogens (primary N) is 2. The summed E-state index contributed by atoms with van der Waals surface area (Å²) in [4.78, 5) is 0. The van der Waals surface area contributed by atoms with E-state index in [9.17, 15) is 10.5 Å². The second kappa shape index (κ2) is 5.27. The summed E-state index contributed by atoms with van der Waals surface area (Å²) in [5.74, 6) is -0.593. The van der Waals surface area contributed by atoms with Gasteiger partial charge < -0.3 is 11.5 Å². The van der Waals surface area contributed by atoms with Crippen molar-refractivity contribution in [2.24, 2.45) is 11.5 Å². The molecule has 6 heteroatoms. The molecule has 1 aliphatic rings. The lowest BCUT2D eigenvalue weighted by Crippen LogP contribution is -2.18. The van der Waals surface area contributed by atoms with Gasteiger partial charge in [0.15, 0.2) is 0 Å². The van der Waals surface area contributed by atoms with Crippen LogP contribution < -0.4 is 11.5 Å². The fourth-order valence-electron chi connectivity index (χ4n) is 1.92. The summed E-state index contributed by atoms with van der Waals surface area (Å²) >= 11 is 7.18. The molecule has 0 saturated heterocycles. The van der Waals surface area contributed by atoms with Gasteiger partial charge in [-0.3, -0.25) is 0 Å². The molecule has 0 fully saturated rings. The predicted octanol–water partition coefficient (Wildman–Crippen LogP) is 2.56. The molecule has 0 aromatic heterocycles. The van der Waals surface area contributed by atoms with Crippen molar-refractivity contribution in [3.05, 3.63) is 56.1 Å². The lowest BCUT2D eigenvalue weighted by atomic mass is 9.86. The normalized spacial score (nSPS) is 16.2. The second-order valence-corrected chi connectivity index (χ2v) is 5.33. The third-order valence-electron chi connectivity index (χ3n) is 2.79. The van der Waals surface area contributed by atoms with Gasteiger partial charge in [0.2, 0.25) is 0 Å². The van der Waals surface area contributed by atoms with Crippen LogP contribution in [0.4, 0.5) is 0 Å². The van der Waals surface area contributed by atoms with Crippen LogP contribution in [-0.2, 0) is 0 Å². The summed E-state index contributed by atoms with van der Waals surface area (Å²) in [6.07, 6.45) is 0. The lowest BCUT2D eigenvalue weighted by Gasteiger charge is -2.24. The number of halogens is 1. The zero-order valence-corrected chi connectivity index (χ0v) is 11.3. The quantitative estimate of drug-likeness (QED) is 0.827. The first kappa shape index (κ1) is 13.4. The van der Waals surface area contributed by atoms with Gasteiger partial charge in [-0.2, -0.15) is 10.5 Å². The van der Waals surface area contributed by atoms with Crippen LogP contribution in [-0.4, -0.2) is 0 Å². The highest BCUT2D eigenvalue weighted by atomic mass is 35.5. The number of thioether (sulfide) groups is 1. The first-order valence-electron chi connectivity index (χ1n) is 5.32. The highest BCUT2D eigenvalue weighted by Gasteiger charge is 2.32. The highest BCUT2D eigenvalue weighted by Crippen LogP contribution is 2.44. The first-order valence-corrected chi connectivity index (χ1v) is 6.51. The molecule has 1 aromatic rings. The van der Waals surface area contributed by atoms with E-state index in [0.717, 1.165) is 11.8 Å². The van der Waals surface area contributed by atoms with Crippen molar-refractivity contribution >= 4 is 23.4 Å². The van der Waals surface area contributed by atoms with Gasteiger partial charge in [-0.15, -0.1) is 0 Å². The van der Waals surface area contributed by atoms with Gasteiger partial charge in [0.25, 0.3) is 0 Å². The van der Waals surface area contributed by atoms with E-state index in [1.807, 2.05) is 12.1 Å². The van der Waals surface area contributed by atoms with E-state index >= 15 is 0 Å². The van der Waals surface area contributed by atoms with Gasteiger partial charge >= 0.3 is 0 Å². The molecule has 0 atom stereocenters. The minimum absolute atomic E-state index is 0.309. The molecule has 19 heavy (non-hydrogen) atoms. The molecule has 94 valence electrons. The molecule has 0 aliphatic carbocycles. The Bertz CT molecular complexity index is 643. The van der Waals surface area contributed by atoms with Crippen molar-refractivity contribution in [1.29, 1.82) is 10.5 Å². The third kappa shape index (κ3) is 2.26. The average Bonchev–Trinajstić information content (AvgIpc) is 2.38. The summed E-state index contributed by atoms with van der Waals surface area (Å²) in [7, 11) is 0. The van der Waals surface area contributed by atoms with E-state index < -0.39 is 5.92 Å². The number of hydrogen-bond donors (Lipinski definition) is 2. The number of allylic oxidation sites excluding steroid dienone is 2. The van der Waals surface area contributed by atoms with Gasteiger partial charge in [0.05, 0.1) is 39.3 Å². The fraction of sp³-hybridized carbons (Fsp3) is 0.0769. The molecule has 0 saturated carbocycles. The van der Waals surface area contributed by atoms with E-state index in [1.54, 1.807) is 24.3 Å². The van der Waals surface area contributed by atoms with Crippen LogP contribution >= 0.6 is 23.4 Å². The summed E-state index contributed by atoms with van der Waals surface area (Å²) in [6.45, 7) is 0. The zero-order chi connectivity index (χ0) is 14.0. The number of nitrogens with zero attached hydrogens (tertiary/aromatic N) is 2. The monoisotopic (exact) mass is 288 g/mol. The molecule has 4 nitrogen and oxygen atoms in total. The molecule has 0 spiro atoms. The standard InChI is InChI=1S/C13H9ClN4S/c14-10-4-2-1-3-7(10)11-8(5-15)12(17)19-13(18)9(11)6-16/h1-4,11H,17-18H2. The van der Waals surface area contributed by atoms with Crippen molar-refractivity contribution in [2.45, 2.75) is 5.92 Å². The van der Waals surface area contributed by atoms with Crippen molar-refractivity contribution in [1.82, 2.24) is 0 Å². The molecule has 1 aliphatic heterocycles. The van der Waals surface area contributed by atoms with Gasteiger partial charge in [-0.05, 0) is 11.6 Å². The Morgan fingerprint density at radius 3 is 2.05 bits per heavy atom. The zero-order valence-electron chi connectivity index (χ0n) is 9.72. The molecule has 0 unspecified atom stereocenters. The molecular formula is C13H9ClN4S. The van der Waals surface area contributed by atoms with E-state index in [4.69, 9.17) is 23.1 Å². The van der Waals surface area contributed by atoms with Crippen LogP contribution in [0, 0.1) is 22.7 Å². The minimum Gasteiger partial charge on any atom is -0.392 e. The van der Waals surface area contributed by atoms with E-state index in [2.05, 4.69) is 0 Å². The maximum Gasteiger partial charge on any atom is 0.0985 e. The number of hydrogen-bond acceptors (Lipinski definition) is 5. The number of rotatable bonds is 1. The van der Waals surface area contributed by atoms with Crippen molar-refractivity contribution in [3.63, 3.8) is 0 Å². The van der Waals surface area contributed by atoms with Crippen LogP contribution in [0.5, 0.6) is 0 Å². The molecule has 0 radical (unpaired) electrons. The van der Waals surface area contributed by atoms with E-state index in [0.29, 0.717) is 31.8 Å². The Hall–Kier alpha value is -2.08. The summed E-state index contributed by atoms with van der Waals surface area (Å²) in [5.41, 5.74) is 12.9. The van der Waals surface area contributed by atoms with Crippen molar-refractivity contribution in [3.8, 4) is 12.1 Å². The molecule has 4 N–H and O–H groups in total. The largest absolute Gasteiger partial charge is 0.392 e. The Kier molecular flexibility index (Phi) is 3.71. The second-order valence-electron chi connectivity index (χ2n) is 3.84. The van der Waals surface area contributed by atoms with Gasteiger partial charge in [0.1, 0.15) is 0 Å². The summed E-state index contributed by atoms with van der Waals surface area (Å²) in [5, 5.41) is 19.6. The lowest BCUT2D eigenvalue weighted by molar-refractivity contribution is 0.958. The predicted molar refractivity (Wildman–Crippen MR) is 75.4 cm³/mol. The summed E-state index contributed by atoms with van der Waals surface area (Å²) in [6, 6.07) is 11.1. The van der Waals surface area contributed by atoms with Crippen molar-refractivity contribution in [2.75, 3.05) is 0 Å². The van der Waals surface area contributed by atoms with Gasteiger partial charge in [-0.25, -0.2) is 0 Å². The van der Waals surface area contributed by atoms with Crippen LogP contribution in [0.2, 0.25) is 5.02 Å². The highest BCUT2D eigenvalue weighted by molar-refractivity contribution is 8.06. The number of benzene rings is 1. The Morgan fingerprint density at radius 1 is 1.05 bits per heavy atom. The molecule has 2 rings (SSSR count). The minimum atomic E-state index is -0.593. The fourth-order valence-corrected chi connectivity index (χ4v) is 2.95. The Labute approximate surface area is 119 Å². The first-order chi connectivity index (χ1) is 9.10. The van der Waals surface area contributed by atoms with Gasteiger partial charge in [0, 0.05) is 5.02 Å². The van der Waals surface area contributed by atoms with Crippen LogP contribution in [0.3, 0.4) is 0 Å². The Balaban J connectivity index is 2.69. The topological polar surface area (TPSA) is 99.6 Å². The maximum atomic E-state index is 9.27. The van der Waals surface area contributed by atoms with Crippen LogP contribution in [0.25, 0.3) is 0 Å². The average molecular weight is 289 g/mol. The molecule has 1 heterocycles. The van der Waals surface area contributed by atoms with E-state index in [1.165, 1.54) is 0 Å². The SMILES string of the molecule is N#CC1=C(N)SC(N)=C(C#N)C1c1ccccc1Cl. The van der Waals surface area contributed by atoms with Crippen molar-refractivity contribution < 1.29 is 0 Å². The summed E-state index contributed by atoms with van der Waals surface area (Å²) < 4.78 is 0. The maximum absolute atomic E-state index is 9.27. The smallest absolute Gasteiger partial charge is 0.0985 e. The Morgan fingerprint density at radius 2 is 1.58 bits per heavy atom.